The van der Waals surface area contributed by atoms with Crippen LogP contribution in [0.5, 0.6) is 11.5 Å². The Hall–Kier alpha value is -2.91. The molecule has 0 bridgehead atoms. The smallest absolute Gasteiger partial charge is 0.335 e. The van der Waals surface area contributed by atoms with Gasteiger partial charge in [0.05, 0.1) is 0 Å². The van der Waals surface area contributed by atoms with Crippen molar-refractivity contribution in [2.75, 3.05) is 13.1 Å². The summed E-state index contributed by atoms with van der Waals surface area (Å²) in [6, 6.07) is 8.33. The highest BCUT2D eigenvalue weighted by molar-refractivity contribution is 5.73. The van der Waals surface area contributed by atoms with Gasteiger partial charge in [0.1, 0.15) is 65.9 Å². The number of ether oxygens (including phenoxy) is 4. The second-order valence-electron chi connectivity index (χ2n) is 10.5. The molecule has 0 spiro atoms. The molecule has 5 rings (SSSR count). The predicted octanol–water partition coefficient (Wildman–Crippen LogP) is 0.280. The van der Waals surface area contributed by atoms with E-state index in [0.29, 0.717) is 42.7 Å². The lowest BCUT2D eigenvalue weighted by Gasteiger charge is -2.41. The van der Waals surface area contributed by atoms with Gasteiger partial charge in [-0.25, -0.2) is 13.6 Å². The maximum Gasteiger partial charge on any atom is 0.335 e. The fourth-order valence-electron chi connectivity index (χ4n) is 5.40. The van der Waals surface area contributed by atoms with Crippen LogP contribution in [0.2, 0.25) is 0 Å². The van der Waals surface area contributed by atoms with Crippen molar-refractivity contribution in [3.63, 3.8) is 0 Å². The van der Waals surface area contributed by atoms with E-state index < -0.39 is 66.9 Å². The number of nitrogens with one attached hydrogen (secondary N) is 1. The van der Waals surface area contributed by atoms with Crippen molar-refractivity contribution < 1.29 is 58.1 Å². The molecule has 3 aliphatic heterocycles. The second-order valence-corrected chi connectivity index (χ2v) is 10.5. The topological polar surface area (TPSA) is 167 Å². The molecule has 2 aromatic rings. The standard InChI is InChI=1S/C28H33F2NO10/c29-15-3-7-18-13(9-15)1-5-20(38-18)17(32)11-31-12-22(21-6-2-14-10-16(30)4-8-19(14)39-21)40-28-25(35)23(33)24(34)26(41-28)27(36)37/h3-4,7-10,17,20-26,28,31-35H,1-2,5-6,11-12H2,(H,36,37)/t17-,20-,21+,22-,23-,24-,25+,26-,28+/m0/s1. The minimum atomic E-state index is -1.88. The third kappa shape index (κ3) is 6.61. The van der Waals surface area contributed by atoms with Crippen LogP contribution in [0.3, 0.4) is 0 Å². The maximum atomic E-state index is 13.7. The van der Waals surface area contributed by atoms with Crippen molar-refractivity contribution in [3.05, 3.63) is 59.2 Å². The number of carbonyl (C=O) groups is 1. The summed E-state index contributed by atoms with van der Waals surface area (Å²) in [5.74, 6) is -1.37. The zero-order chi connectivity index (χ0) is 29.3. The van der Waals surface area contributed by atoms with Crippen molar-refractivity contribution in [2.45, 2.75) is 80.8 Å². The van der Waals surface area contributed by atoms with Gasteiger partial charge in [-0.1, -0.05) is 0 Å². The molecular weight excluding hydrogens is 548 g/mol. The van der Waals surface area contributed by atoms with E-state index in [1.54, 1.807) is 0 Å². The summed E-state index contributed by atoms with van der Waals surface area (Å²) in [5, 5.41) is 54.0. The zero-order valence-corrected chi connectivity index (χ0v) is 21.9. The summed E-state index contributed by atoms with van der Waals surface area (Å²) in [6.07, 6.45) is -10.2. The fraction of sp³-hybridized carbons (Fsp3) is 0.536. The quantitative estimate of drug-likeness (QED) is 0.241. The number of fused-ring (bicyclic) bond motifs is 2. The van der Waals surface area contributed by atoms with E-state index in [1.165, 1.54) is 36.4 Å². The number of aliphatic hydroxyl groups is 4. The van der Waals surface area contributed by atoms with Gasteiger partial charge in [0.2, 0.25) is 0 Å². The molecule has 1 saturated heterocycles. The Morgan fingerprint density at radius 2 is 1.49 bits per heavy atom. The van der Waals surface area contributed by atoms with Gasteiger partial charge in [-0.2, -0.15) is 0 Å². The van der Waals surface area contributed by atoms with E-state index in [4.69, 9.17) is 18.9 Å². The first kappa shape index (κ1) is 29.6. The number of carboxylic acids is 1. The second kappa shape index (κ2) is 12.5. The third-order valence-corrected chi connectivity index (χ3v) is 7.66. The largest absolute Gasteiger partial charge is 0.487 e. The van der Waals surface area contributed by atoms with Crippen LogP contribution in [0.15, 0.2) is 36.4 Å². The van der Waals surface area contributed by atoms with Crippen molar-refractivity contribution in [1.29, 1.82) is 0 Å². The lowest BCUT2D eigenvalue weighted by molar-refractivity contribution is -0.309. The molecule has 224 valence electrons. The lowest BCUT2D eigenvalue weighted by atomic mass is 9.97. The van der Waals surface area contributed by atoms with Crippen molar-refractivity contribution >= 4 is 5.97 Å². The van der Waals surface area contributed by atoms with Gasteiger partial charge in [0, 0.05) is 13.1 Å². The van der Waals surface area contributed by atoms with Gasteiger partial charge < -0.3 is 49.8 Å². The molecule has 6 N–H and O–H groups in total. The van der Waals surface area contributed by atoms with Crippen molar-refractivity contribution in [2.24, 2.45) is 0 Å². The molecule has 3 aliphatic rings. The number of benzene rings is 2. The van der Waals surface area contributed by atoms with Crippen LogP contribution in [-0.4, -0.2) is 99.7 Å². The molecule has 0 unspecified atom stereocenters. The number of halogens is 2. The van der Waals surface area contributed by atoms with Gasteiger partial charge in [-0.3, -0.25) is 0 Å². The lowest BCUT2D eigenvalue weighted by Crippen LogP contribution is -2.62. The summed E-state index contributed by atoms with van der Waals surface area (Å²) >= 11 is 0. The normalized spacial score (nSPS) is 30.7. The molecule has 0 radical (unpaired) electrons. The Morgan fingerprint density at radius 1 is 0.902 bits per heavy atom. The average molecular weight is 582 g/mol. The Bertz CT molecular complexity index is 1230. The van der Waals surface area contributed by atoms with E-state index in [9.17, 15) is 39.1 Å². The number of rotatable bonds is 9. The van der Waals surface area contributed by atoms with Gasteiger partial charge in [-0.05, 0) is 73.2 Å². The van der Waals surface area contributed by atoms with Crippen LogP contribution < -0.4 is 14.8 Å². The molecule has 2 aromatic carbocycles. The van der Waals surface area contributed by atoms with Crippen molar-refractivity contribution in [1.82, 2.24) is 5.32 Å². The van der Waals surface area contributed by atoms with Gasteiger partial charge in [0.15, 0.2) is 12.4 Å². The molecule has 0 saturated carbocycles. The van der Waals surface area contributed by atoms with Crippen LogP contribution in [0.25, 0.3) is 0 Å². The minimum Gasteiger partial charge on any atom is -0.487 e. The van der Waals surface area contributed by atoms with Gasteiger partial charge in [0.25, 0.3) is 0 Å². The number of hydrogen-bond acceptors (Lipinski definition) is 10. The number of aryl methyl sites for hydroxylation is 2. The molecule has 9 atom stereocenters. The first-order valence-electron chi connectivity index (χ1n) is 13.5. The Morgan fingerprint density at radius 3 is 2.10 bits per heavy atom. The number of hydrogen-bond donors (Lipinski definition) is 6. The SMILES string of the molecule is O=C(O)[C@H]1O[C@@H](O[C@@H](CNC[C@H](O)[C@@H]2CCc3cc(F)ccc3O2)[C@H]2CCc3cc(F)ccc3O2)[C@H](O)[C@@H](O)[C@@H]1O. The molecular formula is C28H33F2NO10. The number of aliphatic hydroxyl groups excluding tert-OH is 4. The highest BCUT2D eigenvalue weighted by atomic mass is 19.1. The molecule has 0 amide bonds. The molecule has 3 heterocycles. The van der Waals surface area contributed by atoms with Crippen molar-refractivity contribution in [3.8, 4) is 11.5 Å². The molecule has 41 heavy (non-hydrogen) atoms. The first-order valence-corrected chi connectivity index (χ1v) is 13.5. The minimum absolute atomic E-state index is 0.0374. The number of aliphatic carboxylic acids is 1. The number of carboxylic acid groups (broad SMARTS) is 1. The summed E-state index contributed by atoms with van der Waals surface area (Å²) in [7, 11) is 0. The van der Waals surface area contributed by atoms with Crippen LogP contribution in [0, 0.1) is 11.6 Å². The Kier molecular flexibility index (Phi) is 9.04. The highest BCUT2D eigenvalue weighted by Gasteiger charge is 2.49. The average Bonchev–Trinajstić information content (AvgIpc) is 2.95. The first-order chi connectivity index (χ1) is 19.6. The van der Waals surface area contributed by atoms with Crippen LogP contribution in [-0.2, 0) is 27.1 Å². The van der Waals surface area contributed by atoms with E-state index in [1.807, 2.05) is 0 Å². The summed E-state index contributed by atoms with van der Waals surface area (Å²) in [4.78, 5) is 11.5. The molecule has 0 aliphatic carbocycles. The Labute approximate surface area is 234 Å². The molecule has 1 fully saturated rings. The van der Waals surface area contributed by atoms with E-state index >= 15 is 0 Å². The van der Waals surface area contributed by atoms with Crippen LogP contribution in [0.1, 0.15) is 24.0 Å². The summed E-state index contributed by atoms with van der Waals surface area (Å²) < 4.78 is 50.4. The third-order valence-electron chi connectivity index (χ3n) is 7.66. The molecule has 0 aromatic heterocycles. The van der Waals surface area contributed by atoms with Crippen LogP contribution >= 0.6 is 0 Å². The highest BCUT2D eigenvalue weighted by Crippen LogP contribution is 2.32. The van der Waals surface area contributed by atoms with Gasteiger partial charge in [-0.15, -0.1) is 0 Å². The molecule has 11 nitrogen and oxygen atoms in total. The molecule has 13 heteroatoms. The summed E-state index contributed by atoms with van der Waals surface area (Å²) in [5.41, 5.74) is 1.39. The monoisotopic (exact) mass is 581 g/mol. The van der Waals surface area contributed by atoms with E-state index in [-0.39, 0.29) is 18.9 Å². The Balaban J connectivity index is 1.26. The fourth-order valence-corrected chi connectivity index (χ4v) is 5.40. The maximum absolute atomic E-state index is 13.7. The van der Waals surface area contributed by atoms with Crippen LogP contribution in [0.4, 0.5) is 8.78 Å². The summed E-state index contributed by atoms with van der Waals surface area (Å²) in [6.45, 7) is 0.0957. The van der Waals surface area contributed by atoms with E-state index in [2.05, 4.69) is 5.32 Å². The van der Waals surface area contributed by atoms with Gasteiger partial charge >= 0.3 is 5.97 Å². The predicted molar refractivity (Wildman–Crippen MR) is 136 cm³/mol. The zero-order valence-electron chi connectivity index (χ0n) is 21.9. The van der Waals surface area contributed by atoms with E-state index in [0.717, 1.165) is 5.56 Å².